The molecule has 0 aliphatic rings. The van der Waals surface area contributed by atoms with E-state index in [2.05, 4.69) is 21.6 Å². The lowest BCUT2D eigenvalue weighted by Crippen LogP contribution is -2.16. The molecule has 8 nitrogen and oxygen atoms in total. The van der Waals surface area contributed by atoms with E-state index in [1.165, 1.54) is 30.5 Å². The number of aromatic nitrogens is 1. The summed E-state index contributed by atoms with van der Waals surface area (Å²) in [6, 6.07) is 9.52. The van der Waals surface area contributed by atoms with E-state index in [0.717, 1.165) is 18.2 Å². The minimum atomic E-state index is -4.87. The number of pyridine rings is 1. The number of hydrogen-bond acceptors (Lipinski definition) is 6. The van der Waals surface area contributed by atoms with Crippen molar-refractivity contribution in [2.45, 2.75) is 18.0 Å². The van der Waals surface area contributed by atoms with Gasteiger partial charge in [-0.05, 0) is 61.0 Å². The van der Waals surface area contributed by atoms with Gasteiger partial charge in [0.2, 0.25) is 11.8 Å². The zero-order chi connectivity index (χ0) is 26.7. The number of halogens is 4. The number of carbonyl (C=O) groups is 1. The number of nitriles is 1. The van der Waals surface area contributed by atoms with Crippen molar-refractivity contribution in [1.29, 1.82) is 5.26 Å². The molecule has 0 saturated carbocycles. The second kappa shape index (κ2) is 10.3. The summed E-state index contributed by atoms with van der Waals surface area (Å²) >= 11 is 5.58. The number of carbonyl (C=O) groups excluding carboxylic acids is 1. The number of aryl methyl sites for hydroxylation is 1. The van der Waals surface area contributed by atoms with Crippen LogP contribution >= 0.6 is 11.6 Å². The molecule has 2 aromatic carbocycles. The van der Waals surface area contributed by atoms with Crippen molar-refractivity contribution in [3.63, 3.8) is 0 Å². The molecule has 0 aliphatic heterocycles. The fourth-order valence-electron chi connectivity index (χ4n) is 2.89. The van der Waals surface area contributed by atoms with Crippen LogP contribution in [0, 0.1) is 18.3 Å². The molecule has 2 N–H and O–H groups in total. The number of benzene rings is 2. The van der Waals surface area contributed by atoms with Gasteiger partial charge in [-0.2, -0.15) is 18.4 Å². The molecule has 3 rings (SSSR count). The summed E-state index contributed by atoms with van der Waals surface area (Å²) in [5.41, 5.74) is -0.722. The molecule has 0 unspecified atom stereocenters. The maximum Gasteiger partial charge on any atom is 0.417 e. The van der Waals surface area contributed by atoms with Gasteiger partial charge in [0.25, 0.3) is 10.0 Å². The SMILES string of the molecule is C=CC(=O)Nc1ccc(Oc2ncc(C)cc2NS(=O)(=O)c2ccc(Cl)c(C(F)(F)F)c2)c(C#N)c1. The van der Waals surface area contributed by atoms with Crippen molar-refractivity contribution in [3.05, 3.63) is 83.0 Å². The van der Waals surface area contributed by atoms with E-state index in [4.69, 9.17) is 16.3 Å². The first-order valence-corrected chi connectivity index (χ1v) is 11.7. The number of sulfonamides is 1. The minimum Gasteiger partial charge on any atom is -0.436 e. The van der Waals surface area contributed by atoms with Crippen LogP contribution in [0.1, 0.15) is 16.7 Å². The Balaban J connectivity index is 1.97. The number of ether oxygens (including phenoxy) is 1. The highest BCUT2D eigenvalue weighted by Crippen LogP contribution is 2.37. The molecule has 0 atom stereocenters. The molecule has 1 aromatic heterocycles. The molecule has 186 valence electrons. The Bertz CT molecular complexity index is 1500. The van der Waals surface area contributed by atoms with Crippen molar-refractivity contribution in [1.82, 2.24) is 4.98 Å². The summed E-state index contributed by atoms with van der Waals surface area (Å²) in [4.78, 5) is 14.8. The van der Waals surface area contributed by atoms with Crippen LogP contribution in [0.3, 0.4) is 0 Å². The molecule has 0 aliphatic carbocycles. The van der Waals surface area contributed by atoms with Gasteiger partial charge in [0, 0.05) is 11.9 Å². The summed E-state index contributed by atoms with van der Waals surface area (Å²) in [6.45, 7) is 4.94. The summed E-state index contributed by atoms with van der Waals surface area (Å²) < 4.78 is 73.3. The van der Waals surface area contributed by atoms with Crippen molar-refractivity contribution >= 4 is 38.9 Å². The Morgan fingerprint density at radius 3 is 2.58 bits per heavy atom. The van der Waals surface area contributed by atoms with Gasteiger partial charge in [0.05, 0.1) is 21.0 Å². The maximum atomic E-state index is 13.2. The smallest absolute Gasteiger partial charge is 0.417 e. The molecule has 36 heavy (non-hydrogen) atoms. The topological polar surface area (TPSA) is 121 Å². The summed E-state index contributed by atoms with van der Waals surface area (Å²) in [5.74, 6) is -0.786. The molecule has 0 bridgehead atoms. The van der Waals surface area contributed by atoms with Crippen LogP contribution < -0.4 is 14.8 Å². The Morgan fingerprint density at radius 1 is 1.22 bits per heavy atom. The normalized spacial score (nSPS) is 11.3. The number of rotatable bonds is 7. The summed E-state index contributed by atoms with van der Waals surface area (Å²) in [6.07, 6.45) is -2.46. The Labute approximate surface area is 209 Å². The first-order valence-electron chi connectivity index (χ1n) is 9.85. The van der Waals surface area contributed by atoms with E-state index in [-0.39, 0.29) is 28.6 Å². The molecule has 0 radical (unpaired) electrons. The van der Waals surface area contributed by atoms with E-state index in [9.17, 15) is 31.6 Å². The third-order valence-corrected chi connectivity index (χ3v) is 6.24. The average Bonchev–Trinajstić information content (AvgIpc) is 2.80. The Kier molecular flexibility index (Phi) is 7.57. The number of hydrogen-bond donors (Lipinski definition) is 2. The number of nitrogens with one attached hydrogen (secondary N) is 2. The Morgan fingerprint density at radius 2 is 1.94 bits per heavy atom. The minimum absolute atomic E-state index is 0.0134. The van der Waals surface area contributed by atoms with Crippen LogP contribution in [0.15, 0.2) is 66.2 Å². The van der Waals surface area contributed by atoms with Crippen molar-refractivity contribution in [2.75, 3.05) is 10.0 Å². The van der Waals surface area contributed by atoms with Crippen molar-refractivity contribution < 1.29 is 31.1 Å². The number of nitrogens with zero attached hydrogens (tertiary/aromatic N) is 2. The zero-order valence-electron chi connectivity index (χ0n) is 18.4. The second-order valence-electron chi connectivity index (χ2n) is 7.23. The number of amides is 1. The van der Waals surface area contributed by atoms with Gasteiger partial charge in [-0.15, -0.1) is 0 Å². The highest BCUT2D eigenvalue weighted by atomic mass is 35.5. The van der Waals surface area contributed by atoms with Crippen molar-refractivity contribution in [2.24, 2.45) is 0 Å². The van der Waals surface area contributed by atoms with E-state index < -0.39 is 37.6 Å². The van der Waals surface area contributed by atoms with Crippen molar-refractivity contribution in [3.8, 4) is 17.7 Å². The molecule has 0 fully saturated rings. The predicted octanol–water partition coefficient (Wildman–Crippen LogP) is 5.65. The number of anilines is 2. The summed E-state index contributed by atoms with van der Waals surface area (Å²) in [7, 11) is -4.53. The first kappa shape index (κ1) is 26.5. The maximum absolute atomic E-state index is 13.2. The molecule has 0 spiro atoms. The lowest BCUT2D eigenvalue weighted by molar-refractivity contribution is -0.137. The van der Waals surface area contributed by atoms with Crippen LogP contribution in [-0.2, 0) is 21.0 Å². The Hall–Kier alpha value is -4.08. The zero-order valence-corrected chi connectivity index (χ0v) is 19.9. The molecule has 1 heterocycles. The van der Waals surface area contributed by atoms with Crippen LogP contribution in [0.25, 0.3) is 0 Å². The van der Waals surface area contributed by atoms with E-state index in [1.54, 1.807) is 6.92 Å². The van der Waals surface area contributed by atoms with Gasteiger partial charge >= 0.3 is 6.18 Å². The van der Waals surface area contributed by atoms with E-state index >= 15 is 0 Å². The molecule has 3 aromatic rings. The monoisotopic (exact) mass is 536 g/mol. The molecule has 13 heteroatoms. The highest BCUT2D eigenvalue weighted by Gasteiger charge is 2.34. The second-order valence-corrected chi connectivity index (χ2v) is 9.32. The van der Waals surface area contributed by atoms with Crippen LogP contribution in [0.5, 0.6) is 11.6 Å². The third-order valence-electron chi connectivity index (χ3n) is 4.55. The van der Waals surface area contributed by atoms with Gasteiger partial charge in [-0.3, -0.25) is 9.52 Å². The predicted molar refractivity (Wildman–Crippen MR) is 126 cm³/mol. The highest BCUT2D eigenvalue weighted by molar-refractivity contribution is 7.92. The first-order chi connectivity index (χ1) is 16.8. The van der Waals surface area contributed by atoms with Gasteiger partial charge in [-0.25, -0.2) is 13.4 Å². The third kappa shape index (κ3) is 6.12. The van der Waals surface area contributed by atoms with Gasteiger partial charge in [0.15, 0.2) is 0 Å². The van der Waals surface area contributed by atoms with Crippen LogP contribution in [-0.4, -0.2) is 19.3 Å². The standard InChI is InChI=1S/C23H16ClF3N4O4S/c1-3-21(32)30-15-4-7-20(14(9-15)11-28)35-22-19(8-13(2)12-29-22)31-36(33,34)16-5-6-18(24)17(10-16)23(25,26)27/h3-10,12,31H,1H2,2H3,(H,30,32). The molecule has 1 amide bonds. The largest absolute Gasteiger partial charge is 0.436 e. The fourth-order valence-corrected chi connectivity index (χ4v) is 4.18. The lowest BCUT2D eigenvalue weighted by Gasteiger charge is -2.15. The van der Waals surface area contributed by atoms with E-state index in [1.807, 2.05) is 6.07 Å². The quantitative estimate of drug-likeness (QED) is 0.376. The lowest BCUT2D eigenvalue weighted by atomic mass is 10.2. The van der Waals surface area contributed by atoms with Gasteiger partial charge < -0.3 is 10.1 Å². The van der Waals surface area contributed by atoms with Gasteiger partial charge in [0.1, 0.15) is 17.5 Å². The number of alkyl halides is 3. The van der Waals surface area contributed by atoms with E-state index in [0.29, 0.717) is 11.6 Å². The van der Waals surface area contributed by atoms with Crippen LogP contribution in [0.4, 0.5) is 24.5 Å². The fraction of sp³-hybridized carbons (Fsp3) is 0.0870. The molecule has 0 saturated heterocycles. The van der Waals surface area contributed by atoms with Crippen LogP contribution in [0.2, 0.25) is 5.02 Å². The molecular formula is C23H16ClF3N4O4S. The average molecular weight is 537 g/mol. The van der Waals surface area contributed by atoms with Gasteiger partial charge in [-0.1, -0.05) is 18.2 Å². The summed E-state index contributed by atoms with van der Waals surface area (Å²) in [5, 5.41) is 11.3. The molecular weight excluding hydrogens is 521 g/mol.